The Bertz CT molecular complexity index is 581. The number of carboxylic acids is 1. The first-order valence-corrected chi connectivity index (χ1v) is 4.26. The zero-order valence-corrected chi connectivity index (χ0v) is 7.93. The van der Waals surface area contributed by atoms with Crippen LogP contribution < -0.4 is 5.76 Å². The average molecular weight is 208 g/mol. The van der Waals surface area contributed by atoms with E-state index >= 15 is 0 Å². The Morgan fingerprint density at radius 1 is 1.67 bits per heavy atom. The minimum absolute atomic E-state index is 0.168. The molecule has 2 aromatic heterocycles. The number of pyridine rings is 1. The number of oxazole rings is 1. The average Bonchev–Trinajstić information content (AvgIpc) is 2.43. The van der Waals surface area contributed by atoms with Gasteiger partial charge in [0.1, 0.15) is 12.1 Å². The number of carbonyl (C=O) groups is 1. The van der Waals surface area contributed by atoms with E-state index in [1.165, 1.54) is 6.20 Å². The van der Waals surface area contributed by atoms with E-state index < -0.39 is 18.3 Å². The van der Waals surface area contributed by atoms with Gasteiger partial charge < -0.3 is 9.52 Å². The van der Waals surface area contributed by atoms with Crippen LogP contribution in [0.3, 0.4) is 0 Å². The van der Waals surface area contributed by atoms with Crippen LogP contribution in [0.4, 0.5) is 0 Å². The van der Waals surface area contributed by atoms with Crippen molar-refractivity contribution in [1.29, 1.82) is 0 Å². The van der Waals surface area contributed by atoms with Gasteiger partial charge in [-0.25, -0.2) is 9.78 Å². The van der Waals surface area contributed by atoms with Gasteiger partial charge in [-0.1, -0.05) is 0 Å². The minimum Gasteiger partial charge on any atom is -0.480 e. The molecule has 6 nitrogen and oxygen atoms in total. The Morgan fingerprint density at radius 2 is 2.40 bits per heavy atom. The van der Waals surface area contributed by atoms with Crippen LogP contribution >= 0.6 is 0 Å². The summed E-state index contributed by atoms with van der Waals surface area (Å²) in [6, 6.07) is 1.69. The van der Waals surface area contributed by atoms with Crippen LogP contribution in [0.2, 0.25) is 0 Å². The number of carboxylic acid groups (broad SMARTS) is 1. The van der Waals surface area contributed by atoms with Crippen molar-refractivity contribution in [2.24, 2.45) is 0 Å². The van der Waals surface area contributed by atoms with Crippen LogP contribution in [0.25, 0.3) is 11.2 Å². The molecule has 2 rings (SSSR count). The van der Waals surface area contributed by atoms with Gasteiger partial charge in [0.05, 0.1) is 0 Å². The lowest BCUT2D eigenvalue weighted by atomic mass is 10.3. The first kappa shape index (κ1) is 9.45. The van der Waals surface area contributed by atoms with E-state index in [0.717, 1.165) is 10.1 Å². The number of nitrogens with zero attached hydrogens (tertiary/aromatic N) is 2. The second-order valence-electron chi connectivity index (χ2n) is 3.13. The summed E-state index contributed by atoms with van der Waals surface area (Å²) in [6.07, 6.45) is 1.51. The van der Waals surface area contributed by atoms with Crippen molar-refractivity contribution in [2.45, 2.75) is 13.5 Å². The largest absolute Gasteiger partial charge is 0.480 e. The highest BCUT2D eigenvalue weighted by molar-refractivity contribution is 5.75. The predicted molar refractivity (Wildman–Crippen MR) is 50.6 cm³/mol. The Balaban J connectivity index is 2.76. The van der Waals surface area contributed by atoms with Crippen LogP contribution in [0.5, 0.6) is 0 Å². The number of rotatable bonds is 2. The normalized spacial score (nSPS) is 10.7. The summed E-state index contributed by atoms with van der Waals surface area (Å²) >= 11 is 0. The van der Waals surface area contributed by atoms with Crippen molar-refractivity contribution in [1.82, 2.24) is 9.55 Å². The fraction of sp³-hybridized carbons (Fsp3) is 0.222. The maximum atomic E-state index is 11.3. The second kappa shape index (κ2) is 3.23. The molecule has 0 saturated heterocycles. The quantitative estimate of drug-likeness (QED) is 0.771. The number of aryl methyl sites for hydroxylation is 1. The van der Waals surface area contributed by atoms with Gasteiger partial charge >= 0.3 is 11.7 Å². The Kier molecular flexibility index (Phi) is 2.03. The Labute approximate surface area is 83.8 Å². The molecule has 0 fully saturated rings. The number of aliphatic carboxylic acids is 1. The van der Waals surface area contributed by atoms with Crippen molar-refractivity contribution in [2.75, 3.05) is 0 Å². The van der Waals surface area contributed by atoms with Crippen LogP contribution in [0.15, 0.2) is 21.5 Å². The van der Waals surface area contributed by atoms with Gasteiger partial charge in [0.15, 0.2) is 0 Å². The zero-order chi connectivity index (χ0) is 11.0. The van der Waals surface area contributed by atoms with Crippen molar-refractivity contribution in [3.05, 3.63) is 28.4 Å². The standard InChI is InChI=1S/C9H8N2O4/c1-5-2-3-10-8-7(5)11(4-6(12)13)9(14)15-8/h2-3H,4H2,1H3,(H,12,13). The summed E-state index contributed by atoms with van der Waals surface area (Å²) in [5.74, 6) is -1.79. The number of hydrogen-bond donors (Lipinski definition) is 1. The van der Waals surface area contributed by atoms with Gasteiger partial charge in [-0.05, 0) is 18.6 Å². The molecule has 0 aliphatic heterocycles. The molecule has 0 aliphatic carbocycles. The molecule has 2 heterocycles. The molecule has 0 bridgehead atoms. The lowest BCUT2D eigenvalue weighted by Crippen LogP contribution is -2.19. The second-order valence-corrected chi connectivity index (χ2v) is 3.13. The van der Waals surface area contributed by atoms with Crippen molar-refractivity contribution < 1.29 is 14.3 Å². The highest BCUT2D eigenvalue weighted by Gasteiger charge is 2.14. The Hall–Kier alpha value is -2.11. The summed E-state index contributed by atoms with van der Waals surface area (Å²) in [7, 11) is 0. The molecule has 0 spiro atoms. The topological polar surface area (TPSA) is 85.3 Å². The summed E-state index contributed by atoms with van der Waals surface area (Å²) in [6.45, 7) is 1.34. The molecule has 0 radical (unpaired) electrons. The molecule has 6 heteroatoms. The van der Waals surface area contributed by atoms with Gasteiger partial charge in [0, 0.05) is 6.20 Å². The first-order chi connectivity index (χ1) is 7.09. The smallest absolute Gasteiger partial charge is 0.421 e. The molecule has 0 saturated carbocycles. The van der Waals surface area contributed by atoms with E-state index in [4.69, 9.17) is 9.52 Å². The van der Waals surface area contributed by atoms with Crippen LogP contribution in [0.1, 0.15) is 5.56 Å². The Morgan fingerprint density at radius 3 is 3.07 bits per heavy atom. The third-order valence-electron chi connectivity index (χ3n) is 2.06. The summed E-state index contributed by atoms with van der Waals surface area (Å²) in [5.41, 5.74) is 1.36. The van der Waals surface area contributed by atoms with Crippen molar-refractivity contribution in [3.8, 4) is 0 Å². The van der Waals surface area contributed by atoms with E-state index in [1.807, 2.05) is 0 Å². The van der Waals surface area contributed by atoms with E-state index in [0.29, 0.717) is 5.52 Å². The fourth-order valence-corrected chi connectivity index (χ4v) is 1.44. The minimum atomic E-state index is -1.09. The van der Waals surface area contributed by atoms with E-state index in [2.05, 4.69) is 4.98 Å². The fourth-order valence-electron chi connectivity index (χ4n) is 1.44. The molecule has 0 aromatic carbocycles. The van der Waals surface area contributed by atoms with E-state index in [-0.39, 0.29) is 5.71 Å². The number of hydrogen-bond acceptors (Lipinski definition) is 4. The summed E-state index contributed by atoms with van der Waals surface area (Å²) < 4.78 is 5.87. The predicted octanol–water partition coefficient (Wildman–Crippen LogP) is 0.383. The van der Waals surface area contributed by atoms with E-state index in [1.54, 1.807) is 13.0 Å². The van der Waals surface area contributed by atoms with Crippen LogP contribution in [0, 0.1) is 6.92 Å². The van der Waals surface area contributed by atoms with Gasteiger partial charge in [0.2, 0.25) is 5.71 Å². The van der Waals surface area contributed by atoms with Crippen molar-refractivity contribution >= 4 is 17.2 Å². The van der Waals surface area contributed by atoms with Gasteiger partial charge in [-0.15, -0.1) is 0 Å². The molecule has 2 aromatic rings. The number of fused-ring (bicyclic) bond motifs is 1. The molecule has 0 unspecified atom stereocenters. The molecular weight excluding hydrogens is 200 g/mol. The van der Waals surface area contributed by atoms with Gasteiger partial charge in [-0.2, -0.15) is 0 Å². The number of aromatic nitrogens is 2. The van der Waals surface area contributed by atoms with Crippen molar-refractivity contribution in [3.63, 3.8) is 0 Å². The summed E-state index contributed by atoms with van der Waals surface area (Å²) in [4.78, 5) is 25.7. The first-order valence-electron chi connectivity index (χ1n) is 4.26. The summed E-state index contributed by atoms with van der Waals surface area (Å²) in [5, 5.41) is 8.64. The lowest BCUT2D eigenvalue weighted by molar-refractivity contribution is -0.137. The van der Waals surface area contributed by atoms with Gasteiger partial charge in [-0.3, -0.25) is 9.36 Å². The van der Waals surface area contributed by atoms with E-state index in [9.17, 15) is 9.59 Å². The lowest BCUT2D eigenvalue weighted by Gasteiger charge is -1.98. The van der Waals surface area contributed by atoms with Crippen LogP contribution in [-0.4, -0.2) is 20.6 Å². The molecule has 0 atom stereocenters. The highest BCUT2D eigenvalue weighted by Crippen LogP contribution is 2.13. The monoisotopic (exact) mass is 208 g/mol. The zero-order valence-electron chi connectivity index (χ0n) is 7.93. The SMILES string of the molecule is Cc1ccnc2oc(=O)n(CC(=O)O)c12. The molecule has 15 heavy (non-hydrogen) atoms. The molecule has 0 aliphatic rings. The van der Waals surface area contributed by atoms with Crippen LogP contribution in [-0.2, 0) is 11.3 Å². The molecular formula is C9H8N2O4. The third-order valence-corrected chi connectivity index (χ3v) is 2.06. The molecule has 0 amide bonds. The van der Waals surface area contributed by atoms with Gasteiger partial charge in [0.25, 0.3) is 0 Å². The molecule has 78 valence electrons. The molecule has 1 N–H and O–H groups in total. The maximum Gasteiger partial charge on any atom is 0.421 e. The maximum absolute atomic E-state index is 11.3. The highest BCUT2D eigenvalue weighted by atomic mass is 16.4. The third kappa shape index (κ3) is 1.50.